The molecule has 1 unspecified atom stereocenters. The standard InChI is InChI=1S/C16H18F3N3O.C2H6/c1-9(2)22-7-14(16(17,18)19)21-15(22)10-4-5-11-12(20-3)8-23-13(11)6-10;1-2/h4-7,9,12,20H,8H2,1-3H3;1-2H3. The van der Waals surface area contributed by atoms with Crippen molar-refractivity contribution in [3.8, 4) is 17.1 Å². The average molecular weight is 355 g/mol. The Bertz CT molecular complexity index is 723. The van der Waals surface area contributed by atoms with Crippen molar-refractivity contribution in [3.05, 3.63) is 35.7 Å². The lowest BCUT2D eigenvalue weighted by Gasteiger charge is -2.12. The molecule has 1 aromatic heterocycles. The van der Waals surface area contributed by atoms with Crippen LogP contribution in [0.1, 0.15) is 51.0 Å². The van der Waals surface area contributed by atoms with Crippen molar-refractivity contribution < 1.29 is 17.9 Å². The van der Waals surface area contributed by atoms with Crippen LogP contribution in [0.5, 0.6) is 5.75 Å². The second-order valence-corrected chi connectivity index (χ2v) is 5.85. The van der Waals surface area contributed by atoms with Gasteiger partial charge in [-0.3, -0.25) is 0 Å². The van der Waals surface area contributed by atoms with Gasteiger partial charge in [-0.1, -0.05) is 26.0 Å². The third-order valence-corrected chi connectivity index (χ3v) is 3.98. The van der Waals surface area contributed by atoms with Gasteiger partial charge < -0.3 is 14.6 Å². The average Bonchev–Trinajstić information content (AvgIpc) is 3.20. The molecule has 3 rings (SSSR count). The lowest BCUT2D eigenvalue weighted by atomic mass is 10.1. The zero-order valence-electron chi connectivity index (χ0n) is 15.1. The number of imidazole rings is 1. The van der Waals surface area contributed by atoms with Crippen LogP contribution in [0.4, 0.5) is 13.2 Å². The van der Waals surface area contributed by atoms with Gasteiger partial charge in [0.1, 0.15) is 18.2 Å². The SMILES string of the molecule is CC.CNC1COc2cc(-c3nc(C(F)(F)F)cn3C(C)C)ccc21. The van der Waals surface area contributed by atoms with Crippen LogP contribution in [0.15, 0.2) is 24.4 Å². The van der Waals surface area contributed by atoms with Gasteiger partial charge in [-0.05, 0) is 27.0 Å². The summed E-state index contributed by atoms with van der Waals surface area (Å²) in [5, 5.41) is 3.14. The van der Waals surface area contributed by atoms with E-state index in [1.54, 1.807) is 12.1 Å². The number of hydrogen-bond acceptors (Lipinski definition) is 3. The molecule has 0 saturated heterocycles. The van der Waals surface area contributed by atoms with E-state index in [0.29, 0.717) is 23.7 Å². The summed E-state index contributed by atoms with van der Waals surface area (Å²) in [6.07, 6.45) is -3.40. The molecule has 0 fully saturated rings. The minimum Gasteiger partial charge on any atom is -0.491 e. The minimum absolute atomic E-state index is 0.106. The van der Waals surface area contributed by atoms with E-state index < -0.39 is 11.9 Å². The van der Waals surface area contributed by atoms with E-state index in [4.69, 9.17) is 4.74 Å². The summed E-state index contributed by atoms with van der Waals surface area (Å²) in [7, 11) is 1.85. The lowest BCUT2D eigenvalue weighted by Crippen LogP contribution is -2.17. The molecule has 1 aliphatic heterocycles. The van der Waals surface area contributed by atoms with E-state index in [1.807, 2.05) is 40.8 Å². The van der Waals surface area contributed by atoms with Crippen molar-refractivity contribution in [1.82, 2.24) is 14.9 Å². The third kappa shape index (κ3) is 3.81. The van der Waals surface area contributed by atoms with Crippen molar-refractivity contribution in [1.29, 1.82) is 0 Å². The molecule has 138 valence electrons. The van der Waals surface area contributed by atoms with Crippen molar-refractivity contribution in [2.45, 2.75) is 46.0 Å². The fourth-order valence-electron chi connectivity index (χ4n) is 2.73. The number of nitrogens with zero attached hydrogens (tertiary/aromatic N) is 2. The summed E-state index contributed by atoms with van der Waals surface area (Å²) in [5.41, 5.74) is 0.746. The number of rotatable bonds is 3. The summed E-state index contributed by atoms with van der Waals surface area (Å²) in [5.74, 6) is 0.986. The fraction of sp³-hybridized carbons (Fsp3) is 0.500. The lowest BCUT2D eigenvalue weighted by molar-refractivity contribution is -0.140. The number of benzene rings is 1. The van der Waals surface area contributed by atoms with Crippen molar-refractivity contribution in [3.63, 3.8) is 0 Å². The number of hydrogen-bond donors (Lipinski definition) is 1. The summed E-state index contributed by atoms with van der Waals surface area (Å²) in [6.45, 7) is 8.17. The highest BCUT2D eigenvalue weighted by Crippen LogP contribution is 2.37. The first-order valence-corrected chi connectivity index (χ1v) is 8.41. The molecule has 0 spiro atoms. The Hall–Kier alpha value is -2.02. The molecule has 1 N–H and O–H groups in total. The number of halogens is 3. The van der Waals surface area contributed by atoms with Crippen LogP contribution >= 0.6 is 0 Å². The molecule has 25 heavy (non-hydrogen) atoms. The molecular weight excluding hydrogens is 331 g/mol. The molecule has 1 aromatic carbocycles. The maximum Gasteiger partial charge on any atom is 0.434 e. The first-order valence-electron chi connectivity index (χ1n) is 8.41. The van der Waals surface area contributed by atoms with Gasteiger partial charge in [0.05, 0.1) is 6.04 Å². The molecule has 0 aliphatic carbocycles. The van der Waals surface area contributed by atoms with Crippen LogP contribution in [0, 0.1) is 0 Å². The maximum atomic E-state index is 13.0. The van der Waals surface area contributed by atoms with Gasteiger partial charge in [-0.15, -0.1) is 0 Å². The molecular formula is C18H24F3N3O. The minimum atomic E-state index is -4.46. The molecule has 0 bridgehead atoms. The topological polar surface area (TPSA) is 39.1 Å². The van der Waals surface area contributed by atoms with E-state index in [1.165, 1.54) is 4.57 Å². The van der Waals surface area contributed by atoms with Crippen molar-refractivity contribution in [2.24, 2.45) is 0 Å². The predicted octanol–water partition coefficient (Wildman–Crippen LogP) is 4.83. The maximum absolute atomic E-state index is 13.0. The highest BCUT2D eigenvalue weighted by atomic mass is 19.4. The van der Waals surface area contributed by atoms with Crippen molar-refractivity contribution >= 4 is 0 Å². The number of fused-ring (bicyclic) bond motifs is 1. The first-order chi connectivity index (χ1) is 11.8. The molecule has 0 saturated carbocycles. The molecule has 7 heteroatoms. The highest BCUT2D eigenvalue weighted by Gasteiger charge is 2.35. The second kappa shape index (κ2) is 7.47. The Labute approximate surface area is 146 Å². The Morgan fingerprint density at radius 1 is 1.28 bits per heavy atom. The fourth-order valence-corrected chi connectivity index (χ4v) is 2.73. The van der Waals surface area contributed by atoms with Gasteiger partial charge in [-0.25, -0.2) is 4.98 Å². The summed E-state index contributed by atoms with van der Waals surface area (Å²) in [6, 6.07) is 5.40. The Kier molecular flexibility index (Phi) is 5.77. The normalized spacial score (nSPS) is 16.3. The predicted molar refractivity (Wildman–Crippen MR) is 91.7 cm³/mol. The number of aromatic nitrogens is 2. The Morgan fingerprint density at radius 2 is 1.96 bits per heavy atom. The van der Waals surface area contributed by atoms with Crippen LogP contribution in [0.2, 0.25) is 0 Å². The summed E-state index contributed by atoms with van der Waals surface area (Å²) in [4.78, 5) is 3.80. The van der Waals surface area contributed by atoms with Gasteiger partial charge in [0.15, 0.2) is 5.69 Å². The van der Waals surface area contributed by atoms with Gasteiger partial charge in [-0.2, -0.15) is 13.2 Å². The van der Waals surface area contributed by atoms with E-state index in [2.05, 4.69) is 10.3 Å². The number of ether oxygens (including phenoxy) is 1. The summed E-state index contributed by atoms with van der Waals surface area (Å²) >= 11 is 0. The zero-order chi connectivity index (χ0) is 18.8. The number of nitrogens with one attached hydrogen (secondary N) is 1. The van der Waals surface area contributed by atoms with Crippen LogP contribution in [-0.2, 0) is 6.18 Å². The largest absolute Gasteiger partial charge is 0.491 e. The quantitative estimate of drug-likeness (QED) is 0.857. The molecule has 2 heterocycles. The number of likely N-dealkylation sites (N-methyl/N-ethyl adjacent to an activating group) is 1. The Morgan fingerprint density at radius 3 is 2.52 bits per heavy atom. The first kappa shape index (κ1) is 19.3. The van der Waals surface area contributed by atoms with E-state index in [9.17, 15) is 13.2 Å². The zero-order valence-corrected chi connectivity index (χ0v) is 15.1. The van der Waals surface area contributed by atoms with Gasteiger partial charge in [0.25, 0.3) is 0 Å². The second-order valence-electron chi connectivity index (χ2n) is 5.85. The van der Waals surface area contributed by atoms with Crippen molar-refractivity contribution in [2.75, 3.05) is 13.7 Å². The van der Waals surface area contributed by atoms with Crippen LogP contribution in [0.25, 0.3) is 11.4 Å². The van der Waals surface area contributed by atoms with E-state index >= 15 is 0 Å². The van der Waals surface area contributed by atoms with Crippen LogP contribution < -0.4 is 10.1 Å². The smallest absolute Gasteiger partial charge is 0.434 e. The van der Waals surface area contributed by atoms with E-state index in [0.717, 1.165) is 11.8 Å². The van der Waals surface area contributed by atoms with Gasteiger partial charge in [0, 0.05) is 23.4 Å². The van der Waals surface area contributed by atoms with Gasteiger partial charge in [0.2, 0.25) is 0 Å². The number of alkyl halides is 3. The third-order valence-electron chi connectivity index (χ3n) is 3.98. The van der Waals surface area contributed by atoms with Crippen LogP contribution in [-0.4, -0.2) is 23.2 Å². The molecule has 4 nitrogen and oxygen atoms in total. The highest BCUT2D eigenvalue weighted by molar-refractivity contribution is 5.61. The van der Waals surface area contributed by atoms with E-state index in [-0.39, 0.29) is 12.1 Å². The molecule has 0 amide bonds. The Balaban J connectivity index is 0.00000109. The molecule has 0 radical (unpaired) electrons. The molecule has 1 aliphatic rings. The summed E-state index contributed by atoms with van der Waals surface area (Å²) < 4.78 is 46.1. The van der Waals surface area contributed by atoms with Crippen LogP contribution in [0.3, 0.4) is 0 Å². The van der Waals surface area contributed by atoms with Gasteiger partial charge >= 0.3 is 6.18 Å². The monoisotopic (exact) mass is 355 g/mol. The molecule has 1 atom stereocenters. The molecule has 2 aromatic rings.